The minimum Gasteiger partial charge on any atom is -0.305 e. The molecule has 0 fully saturated rings. The highest BCUT2D eigenvalue weighted by molar-refractivity contribution is 7.07. The molecule has 1 heterocycles. The molecule has 16 heavy (non-hydrogen) atoms. The van der Waals surface area contributed by atoms with Crippen LogP contribution in [-0.4, -0.2) is 4.98 Å². The first kappa shape index (κ1) is 11.2. The Balaban J connectivity index is 1.95. The fourth-order valence-corrected chi connectivity index (χ4v) is 2.03. The molecule has 1 aromatic heterocycles. The smallest absolute Gasteiger partial charge is 0.123 e. The van der Waals surface area contributed by atoms with Gasteiger partial charge in [0.2, 0.25) is 0 Å². The molecule has 0 aliphatic heterocycles. The average Bonchev–Trinajstić information content (AvgIpc) is 2.78. The Morgan fingerprint density at radius 1 is 1.50 bits per heavy atom. The molecule has 0 bridgehead atoms. The molecule has 1 atom stereocenters. The fraction of sp³-hybridized carbons (Fsp3) is 0.250. The van der Waals surface area contributed by atoms with Gasteiger partial charge in [-0.25, -0.2) is 9.37 Å². The van der Waals surface area contributed by atoms with Crippen molar-refractivity contribution in [3.05, 3.63) is 52.2 Å². The van der Waals surface area contributed by atoms with Gasteiger partial charge in [-0.15, -0.1) is 11.3 Å². The lowest BCUT2D eigenvalue weighted by atomic mass is 10.1. The van der Waals surface area contributed by atoms with E-state index in [4.69, 9.17) is 0 Å². The fourth-order valence-electron chi connectivity index (χ4n) is 1.48. The third-order valence-corrected chi connectivity index (χ3v) is 3.06. The van der Waals surface area contributed by atoms with Gasteiger partial charge in [0.05, 0.1) is 11.2 Å². The lowest BCUT2D eigenvalue weighted by Crippen LogP contribution is -2.18. The van der Waals surface area contributed by atoms with Crippen LogP contribution >= 0.6 is 11.3 Å². The number of rotatable bonds is 4. The van der Waals surface area contributed by atoms with E-state index in [-0.39, 0.29) is 11.9 Å². The van der Waals surface area contributed by atoms with Gasteiger partial charge in [0.15, 0.2) is 0 Å². The number of hydrogen-bond acceptors (Lipinski definition) is 3. The zero-order chi connectivity index (χ0) is 11.4. The Morgan fingerprint density at radius 2 is 2.38 bits per heavy atom. The van der Waals surface area contributed by atoms with Gasteiger partial charge in [-0.3, -0.25) is 0 Å². The highest BCUT2D eigenvalue weighted by atomic mass is 32.1. The van der Waals surface area contributed by atoms with Crippen LogP contribution in [0, 0.1) is 5.82 Å². The molecule has 84 valence electrons. The van der Waals surface area contributed by atoms with Crippen LogP contribution in [0.5, 0.6) is 0 Å². The molecule has 1 aromatic carbocycles. The van der Waals surface area contributed by atoms with Crippen molar-refractivity contribution >= 4 is 11.3 Å². The highest BCUT2D eigenvalue weighted by Gasteiger charge is 2.05. The van der Waals surface area contributed by atoms with E-state index in [0.29, 0.717) is 6.54 Å². The topological polar surface area (TPSA) is 24.9 Å². The van der Waals surface area contributed by atoms with Crippen LogP contribution in [0.4, 0.5) is 4.39 Å². The number of halogens is 1. The first-order chi connectivity index (χ1) is 7.75. The molecule has 0 saturated heterocycles. The first-order valence-electron chi connectivity index (χ1n) is 5.11. The lowest BCUT2D eigenvalue weighted by molar-refractivity contribution is 0.560. The van der Waals surface area contributed by atoms with Crippen LogP contribution in [0.1, 0.15) is 24.2 Å². The SMILES string of the molecule is C[C@H](NCc1cscn1)c1cccc(F)c1. The number of thiazole rings is 1. The molecule has 0 saturated carbocycles. The quantitative estimate of drug-likeness (QED) is 0.882. The predicted octanol–water partition coefficient (Wildman–Crippen LogP) is 3.13. The summed E-state index contributed by atoms with van der Waals surface area (Å²) in [5, 5.41) is 5.31. The summed E-state index contributed by atoms with van der Waals surface area (Å²) in [6.45, 7) is 2.72. The summed E-state index contributed by atoms with van der Waals surface area (Å²) in [5.74, 6) is -0.195. The van der Waals surface area contributed by atoms with E-state index >= 15 is 0 Å². The van der Waals surface area contributed by atoms with Crippen LogP contribution in [0.15, 0.2) is 35.2 Å². The van der Waals surface area contributed by atoms with E-state index in [9.17, 15) is 4.39 Å². The van der Waals surface area contributed by atoms with Crippen molar-refractivity contribution < 1.29 is 4.39 Å². The Morgan fingerprint density at radius 3 is 3.06 bits per heavy atom. The summed E-state index contributed by atoms with van der Waals surface area (Å²) < 4.78 is 13.0. The summed E-state index contributed by atoms with van der Waals surface area (Å²) in [6.07, 6.45) is 0. The molecule has 0 spiro atoms. The molecule has 1 N–H and O–H groups in total. The standard InChI is InChI=1S/C12H13FN2S/c1-9(10-3-2-4-11(13)5-10)14-6-12-7-16-8-15-12/h2-5,7-9,14H,6H2,1H3/t9-/m0/s1. The molecule has 2 aromatic rings. The van der Waals surface area contributed by atoms with Crippen molar-refractivity contribution in [1.29, 1.82) is 0 Å². The lowest BCUT2D eigenvalue weighted by Gasteiger charge is -2.13. The second kappa shape index (κ2) is 5.18. The Labute approximate surface area is 98.2 Å². The van der Waals surface area contributed by atoms with Gasteiger partial charge in [-0.2, -0.15) is 0 Å². The van der Waals surface area contributed by atoms with Gasteiger partial charge in [-0.05, 0) is 24.6 Å². The Hall–Kier alpha value is -1.26. The second-order valence-corrected chi connectivity index (χ2v) is 4.36. The van der Waals surface area contributed by atoms with Crippen LogP contribution in [-0.2, 0) is 6.54 Å². The van der Waals surface area contributed by atoms with E-state index in [1.54, 1.807) is 23.5 Å². The summed E-state index contributed by atoms with van der Waals surface area (Å²) in [5.41, 5.74) is 3.78. The van der Waals surface area contributed by atoms with Gasteiger partial charge < -0.3 is 5.32 Å². The molecule has 2 rings (SSSR count). The molecule has 4 heteroatoms. The Kier molecular flexibility index (Phi) is 3.64. The van der Waals surface area contributed by atoms with Crippen molar-refractivity contribution in [2.45, 2.75) is 19.5 Å². The maximum Gasteiger partial charge on any atom is 0.123 e. The number of nitrogens with zero attached hydrogens (tertiary/aromatic N) is 1. The van der Waals surface area contributed by atoms with E-state index < -0.39 is 0 Å². The highest BCUT2D eigenvalue weighted by Crippen LogP contribution is 2.14. The van der Waals surface area contributed by atoms with Gasteiger partial charge in [0.1, 0.15) is 5.82 Å². The van der Waals surface area contributed by atoms with Crippen LogP contribution in [0.2, 0.25) is 0 Å². The normalized spacial score (nSPS) is 12.6. The molecule has 2 nitrogen and oxygen atoms in total. The zero-order valence-electron chi connectivity index (χ0n) is 8.98. The third-order valence-electron chi connectivity index (χ3n) is 2.42. The van der Waals surface area contributed by atoms with E-state index in [1.807, 2.05) is 23.9 Å². The van der Waals surface area contributed by atoms with Crippen LogP contribution < -0.4 is 5.32 Å². The summed E-state index contributed by atoms with van der Waals surface area (Å²) in [4.78, 5) is 4.18. The molecule has 0 radical (unpaired) electrons. The third kappa shape index (κ3) is 2.87. The van der Waals surface area contributed by atoms with Crippen LogP contribution in [0.25, 0.3) is 0 Å². The van der Waals surface area contributed by atoms with Crippen molar-refractivity contribution in [1.82, 2.24) is 10.3 Å². The van der Waals surface area contributed by atoms with Crippen molar-refractivity contribution in [3.63, 3.8) is 0 Å². The Bertz CT molecular complexity index is 442. The maximum atomic E-state index is 13.0. The molecule has 0 unspecified atom stereocenters. The molecular formula is C12H13FN2S. The van der Waals surface area contributed by atoms with Gasteiger partial charge in [0, 0.05) is 18.0 Å². The van der Waals surface area contributed by atoms with Crippen molar-refractivity contribution in [3.8, 4) is 0 Å². The first-order valence-corrected chi connectivity index (χ1v) is 6.06. The van der Waals surface area contributed by atoms with E-state index in [1.165, 1.54) is 6.07 Å². The number of benzene rings is 1. The molecular weight excluding hydrogens is 223 g/mol. The molecule has 0 aliphatic carbocycles. The van der Waals surface area contributed by atoms with Crippen molar-refractivity contribution in [2.24, 2.45) is 0 Å². The monoisotopic (exact) mass is 236 g/mol. The average molecular weight is 236 g/mol. The maximum absolute atomic E-state index is 13.0. The predicted molar refractivity (Wildman–Crippen MR) is 63.8 cm³/mol. The number of nitrogens with one attached hydrogen (secondary N) is 1. The minimum atomic E-state index is -0.195. The van der Waals surface area contributed by atoms with E-state index in [0.717, 1.165) is 11.3 Å². The molecule has 0 aliphatic rings. The van der Waals surface area contributed by atoms with E-state index in [2.05, 4.69) is 10.3 Å². The minimum absolute atomic E-state index is 0.123. The number of hydrogen-bond donors (Lipinski definition) is 1. The number of aromatic nitrogens is 1. The van der Waals surface area contributed by atoms with Gasteiger partial charge in [0.25, 0.3) is 0 Å². The molecule has 0 amide bonds. The van der Waals surface area contributed by atoms with Crippen molar-refractivity contribution in [2.75, 3.05) is 0 Å². The zero-order valence-corrected chi connectivity index (χ0v) is 9.80. The summed E-state index contributed by atoms with van der Waals surface area (Å²) in [6, 6.07) is 6.78. The summed E-state index contributed by atoms with van der Waals surface area (Å²) in [7, 11) is 0. The van der Waals surface area contributed by atoms with Gasteiger partial charge >= 0.3 is 0 Å². The van der Waals surface area contributed by atoms with Crippen LogP contribution in [0.3, 0.4) is 0 Å². The summed E-state index contributed by atoms with van der Waals surface area (Å²) >= 11 is 1.58. The largest absolute Gasteiger partial charge is 0.305 e. The second-order valence-electron chi connectivity index (χ2n) is 3.64. The van der Waals surface area contributed by atoms with Gasteiger partial charge in [-0.1, -0.05) is 12.1 Å².